The standard InChI is InChI=1S/C18H26N6/c1-23(13-16-9-17(22-21-16)15-5-6-15)12-14-10-19-18(20-11-14)24-7-3-2-4-8-24/h9-11,15H,2-8,12-13H2,1H3,(H,21,22). The predicted molar refractivity (Wildman–Crippen MR) is 93.8 cm³/mol. The fraction of sp³-hybridized carbons (Fsp3) is 0.611. The van der Waals surface area contributed by atoms with Crippen LogP contribution < -0.4 is 4.90 Å². The van der Waals surface area contributed by atoms with Crippen LogP contribution in [0.15, 0.2) is 18.5 Å². The molecule has 1 saturated heterocycles. The molecule has 4 rings (SSSR count). The summed E-state index contributed by atoms with van der Waals surface area (Å²) in [6.07, 6.45) is 10.4. The monoisotopic (exact) mass is 326 g/mol. The van der Waals surface area contributed by atoms with E-state index in [1.165, 1.54) is 43.5 Å². The zero-order valence-corrected chi connectivity index (χ0v) is 14.4. The first-order valence-electron chi connectivity index (χ1n) is 9.06. The van der Waals surface area contributed by atoms with E-state index in [2.05, 4.69) is 43.1 Å². The molecule has 2 aromatic rings. The van der Waals surface area contributed by atoms with E-state index in [0.717, 1.165) is 37.7 Å². The average Bonchev–Trinajstić information content (AvgIpc) is 3.36. The Hall–Kier alpha value is -1.95. The molecule has 1 aliphatic carbocycles. The molecule has 3 heterocycles. The molecule has 0 amide bonds. The normalized spacial score (nSPS) is 18.3. The number of piperidine rings is 1. The number of nitrogens with one attached hydrogen (secondary N) is 1. The van der Waals surface area contributed by atoms with Gasteiger partial charge in [-0.3, -0.25) is 10.00 Å². The van der Waals surface area contributed by atoms with E-state index in [0.29, 0.717) is 5.92 Å². The lowest BCUT2D eigenvalue weighted by Gasteiger charge is -2.26. The second kappa shape index (κ2) is 6.89. The van der Waals surface area contributed by atoms with Gasteiger partial charge < -0.3 is 4.90 Å². The molecular formula is C18H26N6. The third-order valence-electron chi connectivity index (χ3n) is 4.87. The van der Waals surface area contributed by atoms with Crippen molar-refractivity contribution >= 4 is 5.95 Å². The number of aromatic amines is 1. The first-order chi connectivity index (χ1) is 11.8. The lowest BCUT2D eigenvalue weighted by atomic mass is 10.1. The van der Waals surface area contributed by atoms with Crippen LogP contribution in [0.1, 0.15) is 55.0 Å². The number of H-pyrrole nitrogens is 1. The minimum atomic E-state index is 0.705. The van der Waals surface area contributed by atoms with Crippen LogP contribution >= 0.6 is 0 Å². The largest absolute Gasteiger partial charge is 0.341 e. The van der Waals surface area contributed by atoms with Gasteiger partial charge in [0.1, 0.15) is 0 Å². The fourth-order valence-corrected chi connectivity index (χ4v) is 3.39. The second-order valence-electron chi connectivity index (χ2n) is 7.20. The molecule has 2 aromatic heterocycles. The summed E-state index contributed by atoms with van der Waals surface area (Å²) < 4.78 is 0. The minimum Gasteiger partial charge on any atom is -0.341 e. The maximum absolute atomic E-state index is 4.57. The summed E-state index contributed by atoms with van der Waals surface area (Å²) in [5, 5.41) is 7.59. The summed E-state index contributed by atoms with van der Waals surface area (Å²) >= 11 is 0. The molecule has 2 aliphatic rings. The van der Waals surface area contributed by atoms with Gasteiger partial charge in [-0.2, -0.15) is 5.10 Å². The molecule has 1 saturated carbocycles. The van der Waals surface area contributed by atoms with E-state index in [4.69, 9.17) is 0 Å². The van der Waals surface area contributed by atoms with Crippen molar-refractivity contribution in [3.05, 3.63) is 35.4 Å². The van der Waals surface area contributed by atoms with Crippen molar-refractivity contribution in [2.75, 3.05) is 25.0 Å². The highest BCUT2D eigenvalue weighted by atomic mass is 15.2. The maximum atomic E-state index is 4.57. The molecule has 6 heteroatoms. The Morgan fingerprint density at radius 3 is 2.58 bits per heavy atom. The second-order valence-corrected chi connectivity index (χ2v) is 7.20. The van der Waals surface area contributed by atoms with Gasteiger partial charge in [0.25, 0.3) is 0 Å². The number of aromatic nitrogens is 4. The van der Waals surface area contributed by atoms with E-state index in [1.807, 2.05) is 12.4 Å². The Bertz CT molecular complexity index is 654. The van der Waals surface area contributed by atoms with Gasteiger partial charge in [0.15, 0.2) is 0 Å². The van der Waals surface area contributed by atoms with Crippen molar-refractivity contribution in [2.24, 2.45) is 0 Å². The van der Waals surface area contributed by atoms with Crippen molar-refractivity contribution < 1.29 is 0 Å². The summed E-state index contributed by atoms with van der Waals surface area (Å²) in [4.78, 5) is 13.7. The quantitative estimate of drug-likeness (QED) is 0.884. The Morgan fingerprint density at radius 2 is 1.88 bits per heavy atom. The van der Waals surface area contributed by atoms with E-state index in [-0.39, 0.29) is 0 Å². The number of anilines is 1. The van der Waals surface area contributed by atoms with Gasteiger partial charge >= 0.3 is 0 Å². The molecule has 0 atom stereocenters. The molecule has 0 aromatic carbocycles. The molecule has 0 unspecified atom stereocenters. The highest BCUT2D eigenvalue weighted by Gasteiger charge is 2.26. The SMILES string of the molecule is CN(Cc1cnc(N2CCCCC2)nc1)Cc1cc(C2CC2)n[nH]1. The first-order valence-corrected chi connectivity index (χ1v) is 9.06. The van der Waals surface area contributed by atoms with E-state index in [1.54, 1.807) is 0 Å². The van der Waals surface area contributed by atoms with E-state index >= 15 is 0 Å². The highest BCUT2D eigenvalue weighted by Crippen LogP contribution is 2.39. The van der Waals surface area contributed by atoms with Gasteiger partial charge in [-0.25, -0.2) is 9.97 Å². The molecule has 6 nitrogen and oxygen atoms in total. The summed E-state index contributed by atoms with van der Waals surface area (Å²) in [6.45, 7) is 3.89. The molecule has 0 bridgehead atoms. The summed E-state index contributed by atoms with van der Waals surface area (Å²) in [5.74, 6) is 1.58. The van der Waals surface area contributed by atoms with Crippen molar-refractivity contribution in [2.45, 2.75) is 51.1 Å². The minimum absolute atomic E-state index is 0.705. The van der Waals surface area contributed by atoms with Crippen LogP contribution in [0.4, 0.5) is 5.95 Å². The van der Waals surface area contributed by atoms with Gasteiger partial charge in [0, 0.05) is 55.7 Å². The molecular weight excluding hydrogens is 300 g/mol. The third kappa shape index (κ3) is 3.75. The van der Waals surface area contributed by atoms with E-state index in [9.17, 15) is 0 Å². The Morgan fingerprint density at radius 1 is 1.12 bits per heavy atom. The van der Waals surface area contributed by atoms with Crippen LogP contribution in [0.5, 0.6) is 0 Å². The van der Waals surface area contributed by atoms with Crippen LogP contribution in [0.3, 0.4) is 0 Å². The molecule has 0 radical (unpaired) electrons. The number of nitrogens with zero attached hydrogens (tertiary/aromatic N) is 5. The van der Waals surface area contributed by atoms with Crippen molar-refractivity contribution in [1.29, 1.82) is 0 Å². The maximum Gasteiger partial charge on any atom is 0.225 e. The Labute approximate surface area is 143 Å². The smallest absolute Gasteiger partial charge is 0.225 e. The van der Waals surface area contributed by atoms with Crippen LogP contribution in [0, 0.1) is 0 Å². The Kier molecular flexibility index (Phi) is 4.47. The fourth-order valence-electron chi connectivity index (χ4n) is 3.39. The zero-order valence-electron chi connectivity index (χ0n) is 14.4. The van der Waals surface area contributed by atoms with Gasteiger partial charge in [0.2, 0.25) is 5.95 Å². The van der Waals surface area contributed by atoms with Gasteiger partial charge in [-0.05, 0) is 45.2 Å². The third-order valence-corrected chi connectivity index (χ3v) is 4.87. The van der Waals surface area contributed by atoms with Crippen LogP contribution in [-0.2, 0) is 13.1 Å². The van der Waals surface area contributed by atoms with Crippen molar-refractivity contribution in [3.8, 4) is 0 Å². The highest BCUT2D eigenvalue weighted by molar-refractivity contribution is 5.30. The zero-order chi connectivity index (χ0) is 16.4. The molecule has 1 N–H and O–H groups in total. The summed E-state index contributed by atoms with van der Waals surface area (Å²) in [7, 11) is 2.12. The molecule has 2 fully saturated rings. The number of rotatable bonds is 6. The summed E-state index contributed by atoms with van der Waals surface area (Å²) in [5.41, 5.74) is 3.57. The van der Waals surface area contributed by atoms with Crippen LogP contribution in [0.25, 0.3) is 0 Å². The molecule has 0 spiro atoms. The number of hydrogen-bond acceptors (Lipinski definition) is 5. The van der Waals surface area contributed by atoms with Gasteiger partial charge in [-0.1, -0.05) is 0 Å². The van der Waals surface area contributed by atoms with Crippen LogP contribution in [-0.4, -0.2) is 45.2 Å². The lowest BCUT2D eigenvalue weighted by Crippen LogP contribution is -2.31. The van der Waals surface area contributed by atoms with E-state index < -0.39 is 0 Å². The van der Waals surface area contributed by atoms with Gasteiger partial charge in [-0.15, -0.1) is 0 Å². The molecule has 128 valence electrons. The van der Waals surface area contributed by atoms with Gasteiger partial charge in [0.05, 0.1) is 5.69 Å². The lowest BCUT2D eigenvalue weighted by molar-refractivity contribution is 0.314. The number of hydrogen-bond donors (Lipinski definition) is 1. The average molecular weight is 326 g/mol. The molecule has 24 heavy (non-hydrogen) atoms. The predicted octanol–water partition coefficient (Wildman–Crippen LogP) is 2.70. The molecule has 1 aliphatic heterocycles. The Balaban J connectivity index is 1.32. The van der Waals surface area contributed by atoms with Crippen molar-refractivity contribution in [1.82, 2.24) is 25.1 Å². The van der Waals surface area contributed by atoms with Crippen LogP contribution in [0.2, 0.25) is 0 Å². The topological polar surface area (TPSA) is 60.9 Å². The first kappa shape index (κ1) is 15.6. The van der Waals surface area contributed by atoms with Crippen molar-refractivity contribution in [3.63, 3.8) is 0 Å². The summed E-state index contributed by atoms with van der Waals surface area (Å²) in [6, 6.07) is 2.21.